The molecule has 1 amide bonds. The molecule has 0 unspecified atom stereocenters. The molecule has 0 aliphatic rings. The lowest BCUT2D eigenvalue weighted by Gasteiger charge is -1.86. The number of H-pyrrole nitrogens is 1. The van der Waals surface area contributed by atoms with Crippen molar-refractivity contribution in [3.63, 3.8) is 0 Å². The maximum atomic E-state index is 10.5. The first-order chi connectivity index (χ1) is 4.63. The van der Waals surface area contributed by atoms with E-state index >= 15 is 0 Å². The minimum absolute atomic E-state index is 0.248. The molecule has 0 fully saturated rings. The second-order valence-electron chi connectivity index (χ2n) is 1.88. The molecule has 1 rings (SSSR count). The Bertz CT molecular complexity index is 268. The van der Waals surface area contributed by atoms with Crippen molar-refractivity contribution in [2.45, 2.75) is 6.92 Å². The fourth-order valence-electron chi connectivity index (χ4n) is 0.579. The van der Waals surface area contributed by atoms with Gasteiger partial charge in [0.05, 0.1) is 4.47 Å². The van der Waals surface area contributed by atoms with Gasteiger partial charge in [0.25, 0.3) is 5.91 Å². The number of aromatic nitrogens is 2. The molecular weight excluding hydrogens is 198 g/mol. The third-order valence-corrected chi connectivity index (χ3v) is 2.08. The van der Waals surface area contributed by atoms with Gasteiger partial charge in [0.1, 0.15) is 0 Å². The molecule has 5 heteroatoms. The summed E-state index contributed by atoms with van der Waals surface area (Å²) < 4.78 is 0.639. The number of halogens is 1. The first kappa shape index (κ1) is 7.27. The minimum Gasteiger partial charge on any atom is -0.364 e. The Labute approximate surface area is 65.9 Å². The number of hydrogen-bond acceptors (Lipinski definition) is 2. The van der Waals surface area contributed by atoms with E-state index in [9.17, 15) is 4.79 Å². The van der Waals surface area contributed by atoms with Gasteiger partial charge in [-0.25, -0.2) is 0 Å². The molecule has 0 bridgehead atoms. The lowest BCUT2D eigenvalue weighted by molar-refractivity contribution is 0.0995. The molecule has 0 radical (unpaired) electrons. The van der Waals surface area contributed by atoms with E-state index in [1.807, 2.05) is 0 Å². The fraction of sp³-hybridized carbons (Fsp3) is 0.200. The summed E-state index contributed by atoms with van der Waals surface area (Å²) in [6.45, 7) is 1.80. The predicted octanol–water partition coefficient (Wildman–Crippen LogP) is 0.580. The molecule has 54 valence electrons. The van der Waals surface area contributed by atoms with Crippen LogP contribution in [0, 0.1) is 6.92 Å². The first-order valence-corrected chi connectivity index (χ1v) is 3.42. The van der Waals surface area contributed by atoms with Crippen LogP contribution in [0.1, 0.15) is 16.2 Å². The van der Waals surface area contributed by atoms with Crippen molar-refractivity contribution >= 4 is 21.8 Å². The highest BCUT2D eigenvalue weighted by molar-refractivity contribution is 9.10. The highest BCUT2D eigenvalue weighted by Crippen LogP contribution is 2.16. The van der Waals surface area contributed by atoms with Crippen molar-refractivity contribution in [2.24, 2.45) is 5.73 Å². The number of hydrogen-bond donors (Lipinski definition) is 2. The lowest BCUT2D eigenvalue weighted by Crippen LogP contribution is -2.11. The summed E-state index contributed by atoms with van der Waals surface area (Å²) in [5.74, 6) is -0.531. The Kier molecular flexibility index (Phi) is 1.76. The van der Waals surface area contributed by atoms with Gasteiger partial charge in [-0.3, -0.25) is 9.89 Å². The molecule has 0 aromatic carbocycles. The molecule has 0 atom stereocenters. The van der Waals surface area contributed by atoms with Crippen LogP contribution < -0.4 is 5.73 Å². The maximum Gasteiger partial charge on any atom is 0.270 e. The average Bonchev–Trinajstić information content (AvgIpc) is 2.14. The minimum atomic E-state index is -0.531. The van der Waals surface area contributed by atoms with Crippen molar-refractivity contribution < 1.29 is 4.79 Å². The second-order valence-corrected chi connectivity index (χ2v) is 2.67. The topological polar surface area (TPSA) is 71.8 Å². The Balaban J connectivity index is 3.17. The van der Waals surface area contributed by atoms with Gasteiger partial charge >= 0.3 is 0 Å². The van der Waals surface area contributed by atoms with Crippen LogP contribution in [0.4, 0.5) is 0 Å². The van der Waals surface area contributed by atoms with E-state index in [2.05, 4.69) is 26.1 Å². The zero-order valence-electron chi connectivity index (χ0n) is 5.31. The lowest BCUT2D eigenvalue weighted by atomic mass is 10.4. The molecule has 4 nitrogen and oxygen atoms in total. The largest absolute Gasteiger partial charge is 0.364 e. The van der Waals surface area contributed by atoms with Crippen LogP contribution in [0.15, 0.2) is 4.47 Å². The van der Waals surface area contributed by atoms with Crippen molar-refractivity contribution in [2.75, 3.05) is 0 Å². The number of nitrogens with zero attached hydrogens (tertiary/aromatic N) is 1. The van der Waals surface area contributed by atoms with Crippen LogP contribution in [-0.2, 0) is 0 Å². The zero-order valence-corrected chi connectivity index (χ0v) is 6.90. The summed E-state index contributed by atoms with van der Waals surface area (Å²) in [7, 11) is 0. The molecule has 0 aliphatic heterocycles. The number of aromatic amines is 1. The number of nitrogens with two attached hydrogens (primary N) is 1. The fourth-order valence-corrected chi connectivity index (χ4v) is 0.951. The predicted molar refractivity (Wildman–Crippen MR) is 39.5 cm³/mol. The summed E-state index contributed by atoms with van der Waals surface area (Å²) in [6.07, 6.45) is 0. The summed E-state index contributed by atoms with van der Waals surface area (Å²) in [5.41, 5.74) is 6.02. The number of carbonyl (C=O) groups is 1. The monoisotopic (exact) mass is 203 g/mol. The summed E-state index contributed by atoms with van der Waals surface area (Å²) in [4.78, 5) is 10.5. The maximum absolute atomic E-state index is 10.5. The van der Waals surface area contributed by atoms with Crippen LogP contribution in [0.25, 0.3) is 0 Å². The van der Waals surface area contributed by atoms with Gasteiger partial charge in [-0.2, -0.15) is 5.10 Å². The van der Waals surface area contributed by atoms with Gasteiger partial charge < -0.3 is 5.73 Å². The Hall–Kier alpha value is -0.840. The van der Waals surface area contributed by atoms with Crippen LogP contribution in [-0.4, -0.2) is 16.1 Å². The van der Waals surface area contributed by atoms with Gasteiger partial charge in [0.15, 0.2) is 5.69 Å². The van der Waals surface area contributed by atoms with Crippen LogP contribution in [0.3, 0.4) is 0 Å². The Morgan fingerprint density at radius 1 is 1.80 bits per heavy atom. The Morgan fingerprint density at radius 3 is 2.60 bits per heavy atom. The van der Waals surface area contributed by atoms with Crippen molar-refractivity contribution in [3.8, 4) is 0 Å². The normalized spacial score (nSPS) is 9.80. The van der Waals surface area contributed by atoms with Crippen molar-refractivity contribution in [3.05, 3.63) is 15.9 Å². The van der Waals surface area contributed by atoms with Gasteiger partial charge in [-0.05, 0) is 22.9 Å². The molecule has 10 heavy (non-hydrogen) atoms. The highest BCUT2D eigenvalue weighted by atomic mass is 79.9. The molecule has 1 heterocycles. The Morgan fingerprint density at radius 2 is 2.40 bits per heavy atom. The number of amides is 1. The number of aryl methyl sites for hydroxylation is 1. The summed E-state index contributed by atoms with van der Waals surface area (Å²) in [6, 6.07) is 0. The molecule has 0 aliphatic carbocycles. The van der Waals surface area contributed by atoms with Gasteiger partial charge in [0.2, 0.25) is 0 Å². The van der Waals surface area contributed by atoms with Crippen molar-refractivity contribution in [1.82, 2.24) is 10.2 Å². The SMILES string of the molecule is Cc1[nH]nc(C(N)=O)c1Br. The average molecular weight is 204 g/mol. The number of carbonyl (C=O) groups excluding carboxylic acids is 1. The molecule has 1 aromatic rings. The van der Waals surface area contributed by atoms with Crippen LogP contribution in [0.2, 0.25) is 0 Å². The molecule has 0 saturated heterocycles. The third-order valence-electron chi connectivity index (χ3n) is 1.11. The van der Waals surface area contributed by atoms with Gasteiger partial charge in [-0.1, -0.05) is 0 Å². The summed E-state index contributed by atoms with van der Waals surface area (Å²) >= 11 is 3.16. The van der Waals surface area contributed by atoms with E-state index in [0.29, 0.717) is 4.47 Å². The van der Waals surface area contributed by atoms with E-state index in [-0.39, 0.29) is 5.69 Å². The third kappa shape index (κ3) is 1.04. The van der Waals surface area contributed by atoms with Crippen LogP contribution in [0.5, 0.6) is 0 Å². The van der Waals surface area contributed by atoms with E-state index in [1.54, 1.807) is 6.92 Å². The number of rotatable bonds is 1. The zero-order chi connectivity index (χ0) is 7.72. The van der Waals surface area contributed by atoms with E-state index < -0.39 is 5.91 Å². The molecule has 3 N–H and O–H groups in total. The highest BCUT2D eigenvalue weighted by Gasteiger charge is 2.11. The van der Waals surface area contributed by atoms with Gasteiger partial charge in [0, 0.05) is 5.69 Å². The standard InChI is InChI=1S/C5H6BrN3O/c1-2-3(6)4(5(7)10)9-8-2/h1H3,(H2,7,10)(H,8,9). The van der Waals surface area contributed by atoms with Gasteiger partial charge in [-0.15, -0.1) is 0 Å². The van der Waals surface area contributed by atoms with Crippen LogP contribution >= 0.6 is 15.9 Å². The quantitative estimate of drug-likeness (QED) is 0.702. The van der Waals surface area contributed by atoms with E-state index in [1.165, 1.54) is 0 Å². The van der Waals surface area contributed by atoms with E-state index in [4.69, 9.17) is 5.73 Å². The molecule has 0 saturated carbocycles. The van der Waals surface area contributed by atoms with E-state index in [0.717, 1.165) is 5.69 Å². The molecular formula is C5H6BrN3O. The number of nitrogens with one attached hydrogen (secondary N) is 1. The molecule has 1 aromatic heterocycles. The summed E-state index contributed by atoms with van der Waals surface area (Å²) in [5, 5.41) is 6.29. The smallest absolute Gasteiger partial charge is 0.270 e. The number of primary amides is 1. The second kappa shape index (κ2) is 2.42. The van der Waals surface area contributed by atoms with Crippen molar-refractivity contribution in [1.29, 1.82) is 0 Å². The molecule has 0 spiro atoms. The first-order valence-electron chi connectivity index (χ1n) is 2.63.